The van der Waals surface area contributed by atoms with Crippen LogP contribution in [0.15, 0.2) is 0 Å². The van der Waals surface area contributed by atoms with Gasteiger partial charge < -0.3 is 20.3 Å². The molecule has 0 bridgehead atoms. The Labute approximate surface area is 76.8 Å². The predicted octanol–water partition coefficient (Wildman–Crippen LogP) is -0.203. The van der Waals surface area contributed by atoms with Gasteiger partial charge in [0.25, 0.3) is 0 Å². The predicted molar refractivity (Wildman–Crippen MR) is 45.1 cm³/mol. The summed E-state index contributed by atoms with van der Waals surface area (Å²) in [5.74, 6) is -1.27. The quantitative estimate of drug-likeness (QED) is 0.640. The Bertz CT molecular complexity index is 179. The van der Waals surface area contributed by atoms with Crippen LogP contribution in [0.3, 0.4) is 0 Å². The maximum absolute atomic E-state index is 10.6. The largest absolute Gasteiger partial charge is 0.480 e. The van der Waals surface area contributed by atoms with E-state index in [1.165, 1.54) is 0 Å². The zero-order chi connectivity index (χ0) is 9.84. The van der Waals surface area contributed by atoms with Gasteiger partial charge in [-0.25, -0.2) is 0 Å². The summed E-state index contributed by atoms with van der Waals surface area (Å²) in [5, 5.41) is 8.71. The Morgan fingerprint density at radius 2 is 2.15 bits per heavy atom. The minimum atomic E-state index is -1.01. The third kappa shape index (κ3) is 2.40. The zero-order valence-corrected chi connectivity index (χ0v) is 7.60. The van der Waals surface area contributed by atoms with E-state index < -0.39 is 18.3 Å². The van der Waals surface area contributed by atoms with Crippen LogP contribution < -0.4 is 5.73 Å². The van der Waals surface area contributed by atoms with Gasteiger partial charge in [0.2, 0.25) is 0 Å². The molecule has 1 saturated heterocycles. The summed E-state index contributed by atoms with van der Waals surface area (Å²) in [5.41, 5.74) is 5.49. The lowest BCUT2D eigenvalue weighted by molar-refractivity contribution is -0.147. The van der Waals surface area contributed by atoms with Crippen LogP contribution in [-0.2, 0) is 14.3 Å². The lowest BCUT2D eigenvalue weighted by Gasteiger charge is -2.23. The number of ether oxygens (including phenoxy) is 2. The van der Waals surface area contributed by atoms with Crippen LogP contribution in [0.4, 0.5) is 0 Å². The SMILES string of the molecule is CCC(C1OCCO1)C(N)C(=O)O. The van der Waals surface area contributed by atoms with E-state index in [4.69, 9.17) is 20.3 Å². The zero-order valence-electron chi connectivity index (χ0n) is 7.60. The summed E-state index contributed by atoms with van der Waals surface area (Å²) in [4.78, 5) is 10.6. The van der Waals surface area contributed by atoms with E-state index in [1.54, 1.807) is 0 Å². The van der Waals surface area contributed by atoms with Gasteiger partial charge in [-0.2, -0.15) is 0 Å². The first-order valence-corrected chi connectivity index (χ1v) is 4.38. The molecule has 2 unspecified atom stereocenters. The van der Waals surface area contributed by atoms with Crippen LogP contribution in [0.25, 0.3) is 0 Å². The highest BCUT2D eigenvalue weighted by Crippen LogP contribution is 2.20. The molecule has 0 radical (unpaired) electrons. The second-order valence-electron chi connectivity index (χ2n) is 3.05. The van der Waals surface area contributed by atoms with E-state index in [-0.39, 0.29) is 5.92 Å². The number of rotatable bonds is 4. The number of carbonyl (C=O) groups is 1. The summed E-state index contributed by atoms with van der Waals surface area (Å²) >= 11 is 0. The molecular weight excluding hydrogens is 174 g/mol. The van der Waals surface area contributed by atoms with Gasteiger partial charge in [0, 0.05) is 5.92 Å². The molecule has 5 nitrogen and oxygen atoms in total. The molecule has 0 amide bonds. The lowest BCUT2D eigenvalue weighted by Crippen LogP contribution is -2.43. The van der Waals surface area contributed by atoms with Gasteiger partial charge in [0.05, 0.1) is 13.2 Å². The minimum absolute atomic E-state index is 0.264. The van der Waals surface area contributed by atoms with Crippen LogP contribution in [0, 0.1) is 5.92 Å². The normalized spacial score (nSPS) is 22.9. The van der Waals surface area contributed by atoms with Crippen molar-refractivity contribution in [2.75, 3.05) is 13.2 Å². The Hall–Kier alpha value is -0.650. The molecule has 13 heavy (non-hydrogen) atoms. The van der Waals surface area contributed by atoms with Gasteiger partial charge in [-0.15, -0.1) is 0 Å². The average Bonchev–Trinajstić information content (AvgIpc) is 2.58. The number of nitrogens with two attached hydrogens (primary N) is 1. The number of carboxylic acids is 1. The molecule has 0 spiro atoms. The summed E-state index contributed by atoms with van der Waals surface area (Å²) in [7, 11) is 0. The molecule has 0 saturated carbocycles. The van der Waals surface area contributed by atoms with Crippen molar-refractivity contribution >= 4 is 5.97 Å². The van der Waals surface area contributed by atoms with E-state index in [1.807, 2.05) is 6.92 Å². The number of hydrogen-bond acceptors (Lipinski definition) is 4. The number of carboxylic acid groups (broad SMARTS) is 1. The monoisotopic (exact) mass is 189 g/mol. The fourth-order valence-electron chi connectivity index (χ4n) is 1.42. The van der Waals surface area contributed by atoms with Crippen LogP contribution in [-0.4, -0.2) is 36.6 Å². The first-order valence-electron chi connectivity index (χ1n) is 4.38. The lowest BCUT2D eigenvalue weighted by atomic mass is 9.97. The molecule has 1 aliphatic heterocycles. The molecule has 5 heteroatoms. The summed E-state index contributed by atoms with van der Waals surface area (Å²) < 4.78 is 10.4. The molecule has 1 fully saturated rings. The maximum Gasteiger partial charge on any atom is 0.320 e. The molecule has 2 atom stereocenters. The molecule has 1 rings (SSSR count). The van der Waals surface area contributed by atoms with Crippen LogP contribution >= 0.6 is 0 Å². The van der Waals surface area contributed by atoms with Crippen molar-refractivity contribution < 1.29 is 19.4 Å². The second-order valence-corrected chi connectivity index (χ2v) is 3.05. The van der Waals surface area contributed by atoms with Crippen molar-refractivity contribution in [2.45, 2.75) is 25.7 Å². The first-order chi connectivity index (χ1) is 6.16. The van der Waals surface area contributed by atoms with E-state index in [9.17, 15) is 4.79 Å². The van der Waals surface area contributed by atoms with Gasteiger partial charge in [0.1, 0.15) is 6.04 Å². The summed E-state index contributed by atoms with van der Waals surface area (Å²) in [6.45, 7) is 2.92. The standard InChI is InChI=1S/C8H15NO4/c1-2-5(6(9)7(10)11)8-12-3-4-13-8/h5-6,8H,2-4,9H2,1H3,(H,10,11). The average molecular weight is 189 g/mol. The van der Waals surface area contributed by atoms with Gasteiger partial charge in [-0.05, 0) is 6.42 Å². The fraction of sp³-hybridized carbons (Fsp3) is 0.875. The molecule has 76 valence electrons. The third-order valence-electron chi connectivity index (χ3n) is 2.21. The summed E-state index contributed by atoms with van der Waals surface area (Å²) in [6.07, 6.45) is 0.189. The molecule has 3 N–H and O–H groups in total. The van der Waals surface area contributed by atoms with E-state index in [0.29, 0.717) is 19.6 Å². The van der Waals surface area contributed by atoms with Crippen molar-refractivity contribution in [2.24, 2.45) is 11.7 Å². The van der Waals surface area contributed by atoms with Crippen LogP contribution in [0.2, 0.25) is 0 Å². The van der Waals surface area contributed by atoms with Crippen molar-refractivity contribution in [1.29, 1.82) is 0 Å². The van der Waals surface area contributed by atoms with E-state index in [2.05, 4.69) is 0 Å². The van der Waals surface area contributed by atoms with Gasteiger partial charge in [-0.1, -0.05) is 6.92 Å². The number of hydrogen-bond donors (Lipinski definition) is 2. The molecule has 1 heterocycles. The Morgan fingerprint density at radius 3 is 2.54 bits per heavy atom. The minimum Gasteiger partial charge on any atom is -0.480 e. The third-order valence-corrected chi connectivity index (χ3v) is 2.21. The molecule has 0 aliphatic carbocycles. The van der Waals surface area contributed by atoms with Crippen LogP contribution in [0.5, 0.6) is 0 Å². The molecule has 0 aromatic rings. The highest BCUT2D eigenvalue weighted by Gasteiger charge is 2.33. The fourth-order valence-corrected chi connectivity index (χ4v) is 1.42. The van der Waals surface area contributed by atoms with Gasteiger partial charge in [0.15, 0.2) is 6.29 Å². The van der Waals surface area contributed by atoms with Gasteiger partial charge >= 0.3 is 5.97 Å². The molecule has 0 aromatic carbocycles. The molecule has 1 aliphatic rings. The molecular formula is C8H15NO4. The molecule has 0 aromatic heterocycles. The smallest absolute Gasteiger partial charge is 0.320 e. The number of aliphatic carboxylic acids is 1. The highest BCUT2D eigenvalue weighted by molar-refractivity contribution is 5.73. The van der Waals surface area contributed by atoms with Crippen molar-refractivity contribution in [3.63, 3.8) is 0 Å². The van der Waals surface area contributed by atoms with Crippen molar-refractivity contribution in [1.82, 2.24) is 0 Å². The van der Waals surface area contributed by atoms with E-state index >= 15 is 0 Å². The van der Waals surface area contributed by atoms with Crippen molar-refractivity contribution in [3.8, 4) is 0 Å². The van der Waals surface area contributed by atoms with Gasteiger partial charge in [-0.3, -0.25) is 4.79 Å². The Kier molecular flexibility index (Phi) is 3.65. The second kappa shape index (κ2) is 4.55. The van der Waals surface area contributed by atoms with E-state index in [0.717, 1.165) is 0 Å². The first kappa shape index (κ1) is 10.4. The highest BCUT2D eigenvalue weighted by atomic mass is 16.7. The maximum atomic E-state index is 10.6. The Balaban J connectivity index is 2.54. The van der Waals surface area contributed by atoms with Crippen LogP contribution in [0.1, 0.15) is 13.3 Å². The topological polar surface area (TPSA) is 81.8 Å². The summed E-state index contributed by atoms with van der Waals surface area (Å²) in [6, 6.07) is -0.909. The Morgan fingerprint density at radius 1 is 1.62 bits per heavy atom. The van der Waals surface area contributed by atoms with Crippen molar-refractivity contribution in [3.05, 3.63) is 0 Å².